The number of nitrogens with two attached hydrogens (primary N) is 1. The monoisotopic (exact) mass is 505 g/mol. The average Bonchev–Trinajstić information content (AvgIpc) is 3.52. The number of rotatable bonds is 8. The van der Waals surface area contributed by atoms with Gasteiger partial charge < -0.3 is 19.8 Å². The number of aromatic nitrogens is 5. The lowest BCUT2D eigenvalue weighted by molar-refractivity contribution is 0.174. The van der Waals surface area contributed by atoms with Crippen molar-refractivity contribution in [1.29, 1.82) is 0 Å². The highest BCUT2D eigenvalue weighted by Crippen LogP contribution is 2.45. The van der Waals surface area contributed by atoms with Gasteiger partial charge in [-0.2, -0.15) is 0 Å². The Balaban J connectivity index is 1.59. The molecular formula is C19H19N7O4S3. The van der Waals surface area contributed by atoms with Crippen LogP contribution >= 0.6 is 23.1 Å². The van der Waals surface area contributed by atoms with Gasteiger partial charge in [0.15, 0.2) is 33.6 Å². The number of nitrogens with one attached hydrogen (secondary N) is 1. The van der Waals surface area contributed by atoms with Crippen LogP contribution in [0.2, 0.25) is 0 Å². The highest BCUT2D eigenvalue weighted by atomic mass is 32.2. The quantitative estimate of drug-likeness (QED) is 0.366. The fraction of sp³-hybridized carbons (Fsp3) is 0.263. The van der Waals surface area contributed by atoms with E-state index in [0.717, 1.165) is 15.5 Å². The summed E-state index contributed by atoms with van der Waals surface area (Å²) in [4.78, 5) is 18.2. The molecule has 1 aliphatic heterocycles. The van der Waals surface area contributed by atoms with E-state index < -0.39 is 10.0 Å². The van der Waals surface area contributed by atoms with Crippen LogP contribution in [0.1, 0.15) is 6.92 Å². The van der Waals surface area contributed by atoms with Crippen molar-refractivity contribution >= 4 is 50.1 Å². The molecule has 0 saturated carbocycles. The van der Waals surface area contributed by atoms with E-state index in [-0.39, 0.29) is 24.9 Å². The molecular weight excluding hydrogens is 486 g/mol. The third-order valence-electron chi connectivity index (χ3n) is 4.81. The van der Waals surface area contributed by atoms with E-state index >= 15 is 0 Å². The standard InChI is InChI=1S/C19H19N7O4S3/c1-2-24-33(27,28)6-4-26-17-15(16(20)22-9-23-17)25-19(26)32-14-8-13-12(29-10-30-13)7-11(14)18-21-3-5-31-18/h3,5,7-9,24H,2,4,6,10H2,1H3,(H2,20,22,23). The van der Waals surface area contributed by atoms with E-state index in [9.17, 15) is 8.42 Å². The molecule has 172 valence electrons. The highest BCUT2D eigenvalue weighted by molar-refractivity contribution is 7.99. The van der Waals surface area contributed by atoms with E-state index in [1.54, 1.807) is 17.7 Å². The SMILES string of the molecule is CCNS(=O)(=O)CCn1c(Sc2cc3c(cc2-c2nccs2)OCO3)nc2c(N)ncnc21. The van der Waals surface area contributed by atoms with Crippen molar-refractivity contribution in [2.75, 3.05) is 24.8 Å². The van der Waals surface area contributed by atoms with Crippen molar-refractivity contribution in [2.45, 2.75) is 23.5 Å². The molecule has 0 saturated heterocycles. The van der Waals surface area contributed by atoms with Crippen molar-refractivity contribution in [1.82, 2.24) is 29.2 Å². The predicted octanol–water partition coefficient (Wildman–Crippen LogP) is 2.35. The van der Waals surface area contributed by atoms with Crippen molar-refractivity contribution < 1.29 is 17.9 Å². The summed E-state index contributed by atoms with van der Waals surface area (Å²) < 4.78 is 39.9. The van der Waals surface area contributed by atoms with Crippen molar-refractivity contribution in [2.24, 2.45) is 0 Å². The lowest BCUT2D eigenvalue weighted by Crippen LogP contribution is -2.28. The zero-order chi connectivity index (χ0) is 23.0. The number of benzene rings is 1. The molecule has 0 fully saturated rings. The molecule has 4 aromatic rings. The Labute approximate surface area is 197 Å². The van der Waals surface area contributed by atoms with Crippen LogP contribution in [-0.2, 0) is 16.6 Å². The summed E-state index contributed by atoms with van der Waals surface area (Å²) in [6, 6.07) is 3.76. The fourth-order valence-electron chi connectivity index (χ4n) is 3.35. The van der Waals surface area contributed by atoms with Crippen LogP contribution in [0.15, 0.2) is 40.1 Å². The van der Waals surface area contributed by atoms with Crippen LogP contribution in [0, 0.1) is 0 Å². The van der Waals surface area contributed by atoms with Crippen molar-refractivity contribution in [3.63, 3.8) is 0 Å². The number of anilines is 1. The van der Waals surface area contributed by atoms with Crippen LogP contribution in [0.5, 0.6) is 11.5 Å². The first-order chi connectivity index (χ1) is 15.9. The fourth-order valence-corrected chi connectivity index (χ4v) is 6.14. The third kappa shape index (κ3) is 4.34. The van der Waals surface area contributed by atoms with E-state index in [1.807, 2.05) is 17.5 Å². The molecule has 0 aliphatic carbocycles. The zero-order valence-electron chi connectivity index (χ0n) is 17.4. The first kappa shape index (κ1) is 21.9. The largest absolute Gasteiger partial charge is 0.454 e. The maximum Gasteiger partial charge on any atom is 0.231 e. The molecule has 0 amide bonds. The molecule has 4 heterocycles. The molecule has 0 unspecified atom stereocenters. The minimum absolute atomic E-state index is 0.135. The maximum absolute atomic E-state index is 12.3. The molecule has 3 aromatic heterocycles. The highest BCUT2D eigenvalue weighted by Gasteiger charge is 2.23. The summed E-state index contributed by atoms with van der Waals surface area (Å²) in [6.07, 6.45) is 3.07. The molecule has 0 radical (unpaired) electrons. The lowest BCUT2D eigenvalue weighted by Gasteiger charge is -2.11. The Hall–Kier alpha value is -2.94. The normalized spacial score (nSPS) is 13.1. The third-order valence-corrected chi connectivity index (χ3v) is 8.12. The second-order valence-corrected chi connectivity index (χ2v) is 10.8. The number of nitrogens with zero attached hydrogens (tertiary/aromatic N) is 5. The molecule has 0 atom stereocenters. The van der Waals surface area contributed by atoms with Gasteiger partial charge in [0.25, 0.3) is 0 Å². The number of imidazole rings is 1. The summed E-state index contributed by atoms with van der Waals surface area (Å²) in [7, 11) is -3.46. The second kappa shape index (κ2) is 8.78. The van der Waals surface area contributed by atoms with Crippen LogP contribution in [0.3, 0.4) is 0 Å². The van der Waals surface area contributed by atoms with Gasteiger partial charge in [-0.1, -0.05) is 18.7 Å². The predicted molar refractivity (Wildman–Crippen MR) is 125 cm³/mol. The van der Waals surface area contributed by atoms with Crippen molar-refractivity contribution in [3.05, 3.63) is 30.0 Å². The zero-order valence-corrected chi connectivity index (χ0v) is 19.8. The number of hydrogen-bond acceptors (Lipinski definition) is 11. The van der Waals surface area contributed by atoms with E-state index in [4.69, 9.17) is 15.2 Å². The van der Waals surface area contributed by atoms with Crippen LogP contribution in [0.25, 0.3) is 21.7 Å². The summed E-state index contributed by atoms with van der Waals surface area (Å²) in [6.45, 7) is 2.34. The van der Waals surface area contributed by atoms with Crippen LogP contribution < -0.4 is 19.9 Å². The number of aryl methyl sites for hydroxylation is 1. The molecule has 0 bridgehead atoms. The Morgan fingerprint density at radius 2 is 2.06 bits per heavy atom. The minimum atomic E-state index is -3.46. The maximum atomic E-state index is 12.3. The van der Waals surface area contributed by atoms with Gasteiger partial charge in [0, 0.05) is 35.1 Å². The first-order valence-corrected chi connectivity index (χ1v) is 13.3. The van der Waals surface area contributed by atoms with Gasteiger partial charge in [-0.15, -0.1) is 11.3 Å². The van der Waals surface area contributed by atoms with Gasteiger partial charge in [0.1, 0.15) is 11.3 Å². The lowest BCUT2D eigenvalue weighted by atomic mass is 10.2. The molecule has 33 heavy (non-hydrogen) atoms. The van der Waals surface area contributed by atoms with E-state index in [2.05, 4.69) is 24.7 Å². The number of hydrogen-bond donors (Lipinski definition) is 2. The van der Waals surface area contributed by atoms with Gasteiger partial charge >= 0.3 is 0 Å². The molecule has 5 rings (SSSR count). The van der Waals surface area contributed by atoms with Crippen LogP contribution in [-0.4, -0.2) is 52.0 Å². The van der Waals surface area contributed by atoms with Gasteiger partial charge in [0.05, 0.1) is 5.75 Å². The molecule has 0 spiro atoms. The Kier molecular flexibility index (Phi) is 5.82. The van der Waals surface area contributed by atoms with E-state index in [1.165, 1.54) is 29.4 Å². The van der Waals surface area contributed by atoms with Gasteiger partial charge in [-0.05, 0) is 12.1 Å². The first-order valence-electron chi connectivity index (χ1n) is 9.90. The van der Waals surface area contributed by atoms with Gasteiger partial charge in [-0.3, -0.25) is 0 Å². The number of fused-ring (bicyclic) bond motifs is 2. The Morgan fingerprint density at radius 1 is 1.24 bits per heavy atom. The average molecular weight is 506 g/mol. The number of thiazole rings is 1. The molecule has 14 heteroatoms. The second-order valence-electron chi connectivity index (χ2n) is 6.93. The Bertz CT molecular complexity index is 1420. The number of sulfonamides is 1. The smallest absolute Gasteiger partial charge is 0.231 e. The summed E-state index contributed by atoms with van der Waals surface area (Å²) >= 11 is 2.85. The molecule has 11 nitrogen and oxygen atoms in total. The Morgan fingerprint density at radius 3 is 2.82 bits per heavy atom. The van der Waals surface area contributed by atoms with Gasteiger partial charge in [-0.25, -0.2) is 33.1 Å². The summed E-state index contributed by atoms with van der Waals surface area (Å²) in [5.74, 6) is 1.35. The summed E-state index contributed by atoms with van der Waals surface area (Å²) in [5.41, 5.74) is 7.77. The van der Waals surface area contributed by atoms with Crippen LogP contribution in [0.4, 0.5) is 5.82 Å². The van der Waals surface area contributed by atoms with E-state index in [0.29, 0.717) is 34.4 Å². The number of ether oxygens (including phenoxy) is 2. The number of nitrogen functional groups attached to an aromatic ring is 1. The topological polar surface area (TPSA) is 147 Å². The molecule has 3 N–H and O–H groups in total. The minimum Gasteiger partial charge on any atom is -0.454 e. The summed E-state index contributed by atoms with van der Waals surface area (Å²) in [5, 5.41) is 3.24. The van der Waals surface area contributed by atoms with Gasteiger partial charge in [0.2, 0.25) is 16.8 Å². The molecule has 1 aromatic carbocycles. The molecule has 1 aliphatic rings. The van der Waals surface area contributed by atoms with Crippen molar-refractivity contribution in [3.8, 4) is 22.1 Å².